The summed E-state index contributed by atoms with van der Waals surface area (Å²) >= 11 is 0. The molecule has 4 heavy (non-hydrogen) atoms. The van der Waals surface area contributed by atoms with Gasteiger partial charge in [0, 0.05) is 34.4 Å². The molecule has 0 spiro atoms. The Bertz CT molecular complexity index is 8.00. The third-order valence-corrected chi connectivity index (χ3v) is 0. The first-order valence-corrected chi connectivity index (χ1v) is 0. The minimum absolute atomic E-state index is 0. The Morgan fingerprint density at radius 2 is 1.00 bits per heavy atom. The molecule has 0 nitrogen and oxygen atoms in total. The summed E-state index contributed by atoms with van der Waals surface area (Å²) in [6.45, 7) is 0. The van der Waals surface area contributed by atoms with Gasteiger partial charge in [0.25, 0.3) is 0 Å². The van der Waals surface area contributed by atoms with E-state index in [1.165, 1.54) is 0 Å². The van der Waals surface area contributed by atoms with Gasteiger partial charge < -0.3 is 0 Å². The van der Waals surface area contributed by atoms with Gasteiger partial charge in [0.15, 0.2) is 17.4 Å². The molecule has 0 saturated carbocycles. The molecule has 0 aromatic rings. The predicted octanol–water partition coefficient (Wildman–Crippen LogP) is -1.84. The van der Waals surface area contributed by atoms with E-state index in [-0.39, 0.29) is 70.7 Å². The summed E-state index contributed by atoms with van der Waals surface area (Å²) in [4.78, 5) is 0. The van der Waals surface area contributed by atoms with Gasteiger partial charge in [-0.15, -0.1) is 0 Å². The fraction of sp³-hybridized carbons (Fsp3) is 0. The molecule has 0 saturated heterocycles. The summed E-state index contributed by atoms with van der Waals surface area (Å²) in [6, 6.07) is 0. The first-order valence-electron chi connectivity index (χ1n) is 0. The Labute approximate surface area is 70.0 Å². The fourth-order valence-corrected chi connectivity index (χ4v) is 0. The Morgan fingerprint density at radius 3 is 1.00 bits per heavy atom. The van der Waals surface area contributed by atoms with Crippen LogP contribution in [0.1, 0.15) is 0 Å². The van der Waals surface area contributed by atoms with Gasteiger partial charge in [0.05, 0.1) is 0 Å². The maximum Gasteiger partial charge on any atom is 0 e. The zero-order chi connectivity index (χ0) is 0. The first-order chi connectivity index (χ1) is 0. The van der Waals surface area contributed by atoms with Crippen LogP contribution in [-0.2, 0) is 34.4 Å². The Morgan fingerprint density at radius 1 is 1.00 bits per heavy atom. The van der Waals surface area contributed by atoms with Crippen LogP contribution in [-0.4, -0.2) is 36.2 Å². The fourth-order valence-electron chi connectivity index (χ4n) is 0. The van der Waals surface area contributed by atoms with Crippen LogP contribution in [0.15, 0.2) is 0 Å². The summed E-state index contributed by atoms with van der Waals surface area (Å²) in [5, 5.41) is 0. The van der Waals surface area contributed by atoms with Gasteiger partial charge in [-0.3, -0.25) is 0 Å². The minimum atomic E-state index is 0. The van der Waals surface area contributed by atoms with Crippen molar-refractivity contribution in [2.75, 3.05) is 0 Å². The van der Waals surface area contributed by atoms with Crippen molar-refractivity contribution in [3.63, 3.8) is 0 Å². The second-order valence-corrected chi connectivity index (χ2v) is 0. The van der Waals surface area contributed by atoms with E-state index >= 15 is 0 Å². The van der Waals surface area contributed by atoms with E-state index in [1.807, 2.05) is 0 Å². The monoisotopic (exact) mass is 145 g/mol. The van der Waals surface area contributed by atoms with Crippen molar-refractivity contribution in [3.8, 4) is 0 Å². The molecule has 21 valence electrons. The maximum atomic E-state index is 0. The molecule has 0 N–H and O–H groups in total. The van der Waals surface area contributed by atoms with Crippen molar-refractivity contribution < 1.29 is 34.4 Å². The molecule has 1 radical (unpaired) electrons. The topological polar surface area (TPSA) is 0 Å². The van der Waals surface area contributed by atoms with Gasteiger partial charge in [-0.25, -0.2) is 0 Å². The van der Waals surface area contributed by atoms with E-state index in [0.29, 0.717) is 0 Å². The van der Waals surface area contributed by atoms with E-state index in [1.54, 1.807) is 0 Å². The zero-order valence-corrected chi connectivity index (χ0v) is 3.24. The van der Waals surface area contributed by atoms with Gasteiger partial charge in [-0.05, 0) is 0 Å². The van der Waals surface area contributed by atoms with Gasteiger partial charge in [0.1, 0.15) is 0 Å². The molecule has 0 fully saturated rings. The second kappa shape index (κ2) is 19.0. The van der Waals surface area contributed by atoms with Crippen molar-refractivity contribution in [1.82, 2.24) is 0 Å². The average molecular weight is 145 g/mol. The standard InChI is InChI=1S/Al.Cr.Li.Mn.4H. The quantitative estimate of drug-likeness (QED) is 0.351. The van der Waals surface area contributed by atoms with Crippen LogP contribution in [0.5, 0.6) is 0 Å². The van der Waals surface area contributed by atoms with Crippen LogP contribution in [0.3, 0.4) is 0 Å². The molecule has 0 amide bonds. The summed E-state index contributed by atoms with van der Waals surface area (Å²) in [5.74, 6) is 0. The molecule has 0 atom stereocenters. The van der Waals surface area contributed by atoms with Crippen LogP contribution in [0.4, 0.5) is 0 Å². The van der Waals surface area contributed by atoms with Gasteiger partial charge in [-0.2, -0.15) is 0 Å². The second-order valence-electron chi connectivity index (χ2n) is 0. The van der Waals surface area contributed by atoms with Crippen LogP contribution in [0.25, 0.3) is 0 Å². The van der Waals surface area contributed by atoms with Crippen molar-refractivity contribution in [2.24, 2.45) is 0 Å². The molecule has 0 aliphatic rings. The smallest absolute Gasteiger partial charge is 0 e. The molecule has 0 aromatic carbocycles. The molecule has 0 aliphatic heterocycles. The number of hydrogen-bond acceptors (Lipinski definition) is 0. The zero-order valence-electron chi connectivity index (χ0n) is 0.786. The third-order valence-electron chi connectivity index (χ3n) is 0. The summed E-state index contributed by atoms with van der Waals surface area (Å²) < 4.78 is 0. The molecular weight excluding hydrogens is 141 g/mol. The van der Waals surface area contributed by atoms with Crippen molar-refractivity contribution in [2.45, 2.75) is 0 Å². The predicted molar refractivity (Wildman–Crippen MR) is 17.1 cm³/mol. The van der Waals surface area contributed by atoms with E-state index in [2.05, 4.69) is 0 Å². The van der Waals surface area contributed by atoms with E-state index in [4.69, 9.17) is 0 Å². The van der Waals surface area contributed by atoms with Gasteiger partial charge in [-0.1, -0.05) is 0 Å². The SMILES string of the molecule is [AlH3].[Cr].[LiH].[Mn]. The van der Waals surface area contributed by atoms with Crippen LogP contribution < -0.4 is 0 Å². The molecular formula is H4AlCrLiMn. The number of hydrogen-bond donors (Lipinski definition) is 0. The van der Waals surface area contributed by atoms with E-state index in [0.717, 1.165) is 0 Å². The summed E-state index contributed by atoms with van der Waals surface area (Å²) in [6.07, 6.45) is 0. The number of rotatable bonds is 0. The normalized spacial score (nSPS) is 0. The molecule has 0 heterocycles. The average Bonchev–Trinajstić information content (AvgIpc) is 0. The molecule has 0 unspecified atom stereocenters. The Kier molecular flexibility index (Phi) is 166. The van der Waals surface area contributed by atoms with Crippen molar-refractivity contribution >= 4 is 36.2 Å². The molecule has 0 bridgehead atoms. The Hall–Kier alpha value is 2.18. The van der Waals surface area contributed by atoms with E-state index < -0.39 is 0 Å². The van der Waals surface area contributed by atoms with Crippen LogP contribution in [0.2, 0.25) is 0 Å². The first kappa shape index (κ1) is 34.9. The van der Waals surface area contributed by atoms with Crippen molar-refractivity contribution in [3.05, 3.63) is 0 Å². The molecule has 0 aliphatic carbocycles. The maximum absolute atomic E-state index is 0. The largest absolute Gasteiger partial charge is 0 e. The van der Waals surface area contributed by atoms with Gasteiger partial charge >= 0.3 is 18.9 Å². The third kappa shape index (κ3) is 8.89. The molecule has 0 rings (SSSR count). The van der Waals surface area contributed by atoms with Crippen LogP contribution >= 0.6 is 0 Å². The summed E-state index contributed by atoms with van der Waals surface area (Å²) in [7, 11) is 0. The Balaban J connectivity index is 0. The van der Waals surface area contributed by atoms with Crippen molar-refractivity contribution in [1.29, 1.82) is 0 Å². The van der Waals surface area contributed by atoms with Gasteiger partial charge in [0.2, 0.25) is 0 Å². The molecule has 0 aromatic heterocycles. The van der Waals surface area contributed by atoms with Crippen LogP contribution in [0, 0.1) is 0 Å². The summed E-state index contributed by atoms with van der Waals surface area (Å²) in [5.41, 5.74) is 0. The molecule has 4 heteroatoms. The minimum Gasteiger partial charge on any atom is 0 e. The van der Waals surface area contributed by atoms with E-state index in [9.17, 15) is 0 Å².